The summed E-state index contributed by atoms with van der Waals surface area (Å²) in [6.07, 6.45) is 23.3. The van der Waals surface area contributed by atoms with E-state index in [9.17, 15) is 0 Å². The number of nitrogens with zero attached hydrogens (tertiary/aromatic N) is 1. The molecule has 0 saturated carbocycles. The highest BCUT2D eigenvalue weighted by atomic mass is 14.5. The molecule has 2 nitrogen and oxygen atoms in total. The van der Waals surface area contributed by atoms with Crippen molar-refractivity contribution in [3.63, 3.8) is 0 Å². The van der Waals surface area contributed by atoms with Gasteiger partial charge in [0.2, 0.25) is 0 Å². The highest BCUT2D eigenvalue weighted by molar-refractivity contribution is 4.82. The second-order valence-electron chi connectivity index (χ2n) is 7.15. The summed E-state index contributed by atoms with van der Waals surface area (Å²) in [7, 11) is 0. The molecule has 1 unspecified atom stereocenters. The first kappa shape index (κ1) is 22.4. The Morgan fingerprint density at radius 3 is 1.30 bits per heavy atom. The van der Waals surface area contributed by atoms with Crippen molar-refractivity contribution in [3.05, 3.63) is 0 Å². The quantitative estimate of drug-likeness (QED) is 0.284. The molecular formula is C21H42N2. The summed E-state index contributed by atoms with van der Waals surface area (Å²) in [6, 6.07) is 2.28. The van der Waals surface area contributed by atoms with Crippen LogP contribution in [0.25, 0.3) is 0 Å². The normalized spacial score (nSPS) is 12.2. The molecule has 0 saturated heterocycles. The van der Waals surface area contributed by atoms with Gasteiger partial charge in [0.1, 0.15) is 0 Å². The van der Waals surface area contributed by atoms with Gasteiger partial charge in [0.25, 0.3) is 0 Å². The molecule has 2 heteroatoms. The van der Waals surface area contributed by atoms with Crippen molar-refractivity contribution < 1.29 is 0 Å². The van der Waals surface area contributed by atoms with Gasteiger partial charge in [0.15, 0.2) is 0 Å². The van der Waals surface area contributed by atoms with Gasteiger partial charge in [0, 0.05) is 6.54 Å². The van der Waals surface area contributed by atoms with Crippen LogP contribution in [0.4, 0.5) is 0 Å². The first-order chi connectivity index (χ1) is 11.3. The monoisotopic (exact) mass is 322 g/mol. The molecule has 0 aromatic rings. The number of rotatable bonds is 18. The van der Waals surface area contributed by atoms with E-state index >= 15 is 0 Å². The fourth-order valence-corrected chi connectivity index (χ4v) is 3.17. The van der Waals surface area contributed by atoms with Crippen molar-refractivity contribution in [3.8, 4) is 6.07 Å². The Morgan fingerprint density at radius 2 is 1.00 bits per heavy atom. The number of hydrogen-bond donors (Lipinski definition) is 1. The maximum atomic E-state index is 8.82. The Hall–Kier alpha value is -0.550. The van der Waals surface area contributed by atoms with E-state index in [1.165, 1.54) is 103 Å². The van der Waals surface area contributed by atoms with E-state index in [4.69, 9.17) is 11.0 Å². The van der Waals surface area contributed by atoms with E-state index in [2.05, 4.69) is 13.0 Å². The first-order valence-electron chi connectivity index (χ1n) is 10.4. The van der Waals surface area contributed by atoms with E-state index < -0.39 is 0 Å². The van der Waals surface area contributed by atoms with E-state index in [1.807, 2.05) is 0 Å². The lowest BCUT2D eigenvalue weighted by molar-refractivity contribution is 0.511. The molecule has 0 radical (unpaired) electrons. The SMILES string of the molecule is CCCCCCCCCCCCCCCCCCC(C#N)CN. The van der Waals surface area contributed by atoms with Crippen molar-refractivity contribution >= 4 is 0 Å². The molecule has 0 rings (SSSR count). The van der Waals surface area contributed by atoms with Gasteiger partial charge < -0.3 is 5.73 Å². The van der Waals surface area contributed by atoms with Gasteiger partial charge in [-0.25, -0.2) is 0 Å². The minimum Gasteiger partial charge on any atom is -0.329 e. The van der Waals surface area contributed by atoms with Crippen LogP contribution in [0.2, 0.25) is 0 Å². The largest absolute Gasteiger partial charge is 0.329 e. The second-order valence-corrected chi connectivity index (χ2v) is 7.15. The van der Waals surface area contributed by atoms with Crippen molar-refractivity contribution in [2.75, 3.05) is 6.54 Å². The van der Waals surface area contributed by atoms with Gasteiger partial charge in [-0.2, -0.15) is 5.26 Å². The van der Waals surface area contributed by atoms with Crippen LogP contribution in [0.3, 0.4) is 0 Å². The molecule has 1 atom stereocenters. The number of nitrogens with two attached hydrogens (primary N) is 1. The van der Waals surface area contributed by atoms with Gasteiger partial charge in [-0.1, -0.05) is 110 Å². The van der Waals surface area contributed by atoms with Gasteiger partial charge in [0.05, 0.1) is 12.0 Å². The minimum absolute atomic E-state index is 0.0849. The smallest absolute Gasteiger partial charge is 0.0669 e. The zero-order valence-corrected chi connectivity index (χ0v) is 15.8. The van der Waals surface area contributed by atoms with Crippen LogP contribution in [0.5, 0.6) is 0 Å². The molecular weight excluding hydrogens is 280 g/mol. The Morgan fingerprint density at radius 1 is 0.652 bits per heavy atom. The highest BCUT2D eigenvalue weighted by Gasteiger charge is 2.03. The van der Waals surface area contributed by atoms with E-state index in [0.717, 1.165) is 6.42 Å². The Labute approximate surface area is 146 Å². The van der Waals surface area contributed by atoms with Crippen molar-refractivity contribution in [2.45, 2.75) is 116 Å². The van der Waals surface area contributed by atoms with Crippen LogP contribution >= 0.6 is 0 Å². The maximum absolute atomic E-state index is 8.82. The summed E-state index contributed by atoms with van der Waals surface area (Å²) in [4.78, 5) is 0. The Kier molecular flexibility index (Phi) is 19.0. The summed E-state index contributed by atoms with van der Waals surface area (Å²) in [6.45, 7) is 2.81. The number of hydrogen-bond acceptors (Lipinski definition) is 2. The van der Waals surface area contributed by atoms with Gasteiger partial charge in [-0.3, -0.25) is 0 Å². The van der Waals surface area contributed by atoms with Crippen LogP contribution in [-0.2, 0) is 0 Å². The van der Waals surface area contributed by atoms with Crippen LogP contribution in [0.15, 0.2) is 0 Å². The van der Waals surface area contributed by atoms with Crippen molar-refractivity contribution in [1.82, 2.24) is 0 Å². The third-order valence-electron chi connectivity index (χ3n) is 4.87. The van der Waals surface area contributed by atoms with Gasteiger partial charge >= 0.3 is 0 Å². The maximum Gasteiger partial charge on any atom is 0.0669 e. The van der Waals surface area contributed by atoms with E-state index in [-0.39, 0.29) is 5.92 Å². The molecule has 136 valence electrons. The number of nitriles is 1. The zero-order chi connectivity index (χ0) is 17.0. The first-order valence-corrected chi connectivity index (χ1v) is 10.4. The predicted octanol–water partition coefficient (Wildman–Crippen LogP) is 6.74. The summed E-state index contributed by atoms with van der Waals surface area (Å²) in [5.74, 6) is 0.0849. The second kappa shape index (κ2) is 19.5. The molecule has 0 aromatic carbocycles. The zero-order valence-electron chi connectivity index (χ0n) is 15.8. The van der Waals surface area contributed by atoms with Crippen molar-refractivity contribution in [2.24, 2.45) is 11.7 Å². The molecule has 0 aromatic heterocycles. The molecule has 2 N–H and O–H groups in total. The molecule has 0 heterocycles. The average molecular weight is 323 g/mol. The average Bonchev–Trinajstić information content (AvgIpc) is 2.58. The third-order valence-corrected chi connectivity index (χ3v) is 4.87. The Bertz CT molecular complexity index is 257. The standard InChI is InChI=1S/C21H42N2/c1-2-3-4-5-6-7-8-9-10-11-12-13-14-15-16-17-18-21(19-22)20-23/h21H,2-19,22H2,1H3. The van der Waals surface area contributed by atoms with E-state index in [0.29, 0.717) is 6.54 Å². The van der Waals surface area contributed by atoms with E-state index in [1.54, 1.807) is 0 Å². The topological polar surface area (TPSA) is 49.8 Å². The fourth-order valence-electron chi connectivity index (χ4n) is 3.17. The summed E-state index contributed by atoms with van der Waals surface area (Å²) >= 11 is 0. The lowest BCUT2D eigenvalue weighted by Gasteiger charge is -2.05. The molecule has 0 spiro atoms. The van der Waals surface area contributed by atoms with Gasteiger partial charge in [-0.05, 0) is 6.42 Å². The predicted molar refractivity (Wildman–Crippen MR) is 102 cm³/mol. The van der Waals surface area contributed by atoms with Crippen LogP contribution in [0, 0.1) is 17.2 Å². The van der Waals surface area contributed by atoms with Crippen molar-refractivity contribution in [1.29, 1.82) is 5.26 Å². The molecule has 0 bridgehead atoms. The molecule has 0 fully saturated rings. The van der Waals surface area contributed by atoms with Crippen LogP contribution in [0.1, 0.15) is 116 Å². The third kappa shape index (κ3) is 17.6. The molecule has 0 amide bonds. The summed E-state index contributed by atoms with van der Waals surface area (Å²) in [5, 5.41) is 8.82. The van der Waals surface area contributed by atoms with Gasteiger partial charge in [-0.15, -0.1) is 0 Å². The lowest BCUT2D eigenvalue weighted by Crippen LogP contribution is -2.11. The highest BCUT2D eigenvalue weighted by Crippen LogP contribution is 2.14. The number of unbranched alkanes of at least 4 members (excludes halogenated alkanes) is 15. The molecule has 0 aliphatic heterocycles. The lowest BCUT2D eigenvalue weighted by atomic mass is 10.0. The molecule has 23 heavy (non-hydrogen) atoms. The Balaban J connectivity index is 3.04. The fraction of sp³-hybridized carbons (Fsp3) is 0.952. The summed E-state index contributed by atoms with van der Waals surface area (Å²) < 4.78 is 0. The van der Waals surface area contributed by atoms with Crippen LogP contribution in [-0.4, -0.2) is 6.54 Å². The summed E-state index contributed by atoms with van der Waals surface area (Å²) in [5.41, 5.74) is 5.53. The molecule has 0 aliphatic rings. The minimum atomic E-state index is 0.0849. The molecule has 0 aliphatic carbocycles. The van der Waals surface area contributed by atoms with Crippen LogP contribution < -0.4 is 5.73 Å².